The highest BCUT2D eigenvalue weighted by atomic mass is 35.5. The van der Waals surface area contributed by atoms with E-state index in [0.29, 0.717) is 22.8 Å². The Hall–Kier alpha value is -2.51. The van der Waals surface area contributed by atoms with Gasteiger partial charge in [0.05, 0.1) is 19.2 Å². The third-order valence-corrected chi connectivity index (χ3v) is 3.15. The third kappa shape index (κ3) is 5.00. The molecule has 0 radical (unpaired) electrons. The number of methoxy groups -OCH3 is 1. The Balaban J connectivity index is 0.00000288. The van der Waals surface area contributed by atoms with Crippen molar-refractivity contribution in [2.24, 2.45) is 5.73 Å². The molecule has 24 heavy (non-hydrogen) atoms. The first-order valence-electron chi connectivity index (χ1n) is 6.92. The normalized spacial score (nSPS) is 9.79. The second kappa shape index (κ2) is 8.95. The van der Waals surface area contributed by atoms with Gasteiger partial charge >= 0.3 is 5.97 Å². The van der Waals surface area contributed by atoms with Gasteiger partial charge in [-0.3, -0.25) is 4.79 Å². The monoisotopic (exact) mass is 354 g/mol. The maximum atomic E-state index is 12.1. The number of carbonyl (C=O) groups is 2. The first-order chi connectivity index (χ1) is 11.0. The summed E-state index contributed by atoms with van der Waals surface area (Å²) in [4.78, 5) is 23.2. The molecule has 0 unspecified atom stereocenters. The Bertz CT molecular complexity index is 714. The number of hydrogen-bond donors (Lipinski definition) is 2. The highest BCUT2D eigenvalue weighted by molar-refractivity contribution is 6.04. The van der Waals surface area contributed by atoms with Crippen molar-refractivity contribution in [1.82, 2.24) is 0 Å². The highest BCUT2D eigenvalue weighted by Crippen LogP contribution is 2.22. The summed E-state index contributed by atoms with van der Waals surface area (Å²) in [7, 11) is 1.29. The van der Waals surface area contributed by atoms with Gasteiger partial charge in [0, 0.05) is 5.69 Å². The zero-order valence-corrected chi connectivity index (χ0v) is 14.1. The van der Waals surface area contributed by atoms with Crippen LogP contribution in [-0.2, 0) is 16.1 Å². The van der Waals surface area contributed by atoms with Crippen LogP contribution >= 0.6 is 12.4 Å². The molecule has 1 aromatic carbocycles. The van der Waals surface area contributed by atoms with Crippen LogP contribution in [0.2, 0.25) is 0 Å². The maximum absolute atomic E-state index is 12.1. The average Bonchev–Trinajstić information content (AvgIpc) is 3.04. The number of nitrogens with two attached hydrogens (primary N) is 1. The van der Waals surface area contributed by atoms with Crippen molar-refractivity contribution in [3.63, 3.8) is 0 Å². The lowest BCUT2D eigenvalue weighted by Crippen LogP contribution is -2.13. The zero-order valence-electron chi connectivity index (χ0n) is 13.3. The first-order valence-corrected chi connectivity index (χ1v) is 6.92. The Morgan fingerprint density at radius 3 is 2.62 bits per heavy atom. The summed E-state index contributed by atoms with van der Waals surface area (Å²) in [5, 5.41) is 2.78. The van der Waals surface area contributed by atoms with Crippen LogP contribution in [0.4, 0.5) is 5.69 Å². The fourth-order valence-corrected chi connectivity index (χ4v) is 1.87. The average molecular weight is 355 g/mol. The third-order valence-electron chi connectivity index (χ3n) is 3.15. The van der Waals surface area contributed by atoms with Gasteiger partial charge in [0.1, 0.15) is 17.8 Å². The molecule has 1 aromatic heterocycles. The molecule has 130 valence electrons. The predicted octanol–water partition coefficient (Wildman–Crippen LogP) is 2.27. The van der Waals surface area contributed by atoms with E-state index in [1.54, 1.807) is 24.3 Å². The quantitative estimate of drug-likeness (QED) is 0.771. The van der Waals surface area contributed by atoms with Crippen molar-refractivity contribution in [3.05, 3.63) is 47.4 Å². The van der Waals surface area contributed by atoms with E-state index in [0.717, 1.165) is 5.56 Å². The van der Waals surface area contributed by atoms with Crippen LogP contribution in [-0.4, -0.2) is 25.6 Å². The number of furan rings is 1. The number of esters is 1. The Morgan fingerprint density at radius 1 is 1.29 bits per heavy atom. The number of carbonyl (C=O) groups excluding carboxylic acids is 2. The molecule has 0 saturated carbocycles. The van der Waals surface area contributed by atoms with E-state index < -0.39 is 5.97 Å². The number of amides is 1. The second-order valence-electron chi connectivity index (χ2n) is 4.80. The van der Waals surface area contributed by atoms with Crippen molar-refractivity contribution < 1.29 is 23.5 Å². The number of benzene rings is 1. The number of anilines is 1. The number of halogens is 1. The molecule has 0 spiro atoms. The molecule has 0 aliphatic rings. The van der Waals surface area contributed by atoms with E-state index in [-0.39, 0.29) is 31.5 Å². The van der Waals surface area contributed by atoms with Crippen LogP contribution < -0.4 is 15.8 Å². The molecule has 8 heteroatoms. The Kier molecular flexibility index (Phi) is 7.29. The fraction of sp³-hybridized carbons (Fsp3) is 0.250. The summed E-state index contributed by atoms with van der Waals surface area (Å²) in [5.41, 5.74) is 7.27. The van der Waals surface area contributed by atoms with Crippen LogP contribution in [0.1, 0.15) is 21.7 Å². The van der Waals surface area contributed by atoms with Crippen molar-refractivity contribution in [1.29, 1.82) is 0 Å². The van der Waals surface area contributed by atoms with E-state index in [1.165, 1.54) is 13.4 Å². The van der Waals surface area contributed by atoms with Gasteiger partial charge in [-0.1, -0.05) is 0 Å². The van der Waals surface area contributed by atoms with Gasteiger partial charge in [0.15, 0.2) is 6.61 Å². The summed E-state index contributed by atoms with van der Waals surface area (Å²) in [6, 6.07) is 6.67. The van der Waals surface area contributed by atoms with E-state index >= 15 is 0 Å². The maximum Gasteiger partial charge on any atom is 0.343 e. The molecule has 1 heterocycles. The molecule has 0 aliphatic heterocycles. The molecule has 3 N–H and O–H groups in total. The minimum Gasteiger partial charge on any atom is -0.482 e. The summed E-state index contributed by atoms with van der Waals surface area (Å²) >= 11 is 0. The molecular formula is C16H19ClN2O5. The molecule has 0 aliphatic carbocycles. The number of nitrogens with one attached hydrogen (secondary N) is 1. The van der Waals surface area contributed by atoms with Crippen LogP contribution in [0, 0.1) is 6.92 Å². The lowest BCUT2D eigenvalue weighted by molar-refractivity contribution is -0.142. The first kappa shape index (κ1) is 19.5. The minimum atomic E-state index is -0.462. The summed E-state index contributed by atoms with van der Waals surface area (Å²) in [6.07, 6.45) is 1.36. The molecule has 2 aromatic rings. The van der Waals surface area contributed by atoms with Crippen LogP contribution in [0.25, 0.3) is 0 Å². The lowest BCUT2D eigenvalue weighted by Gasteiger charge is -2.10. The van der Waals surface area contributed by atoms with Crippen LogP contribution in [0.15, 0.2) is 34.9 Å². The fourth-order valence-electron chi connectivity index (χ4n) is 1.87. The van der Waals surface area contributed by atoms with E-state index in [9.17, 15) is 9.59 Å². The topological polar surface area (TPSA) is 104 Å². The number of ether oxygens (including phenoxy) is 2. The summed E-state index contributed by atoms with van der Waals surface area (Å²) in [6.45, 7) is 1.89. The van der Waals surface area contributed by atoms with Crippen molar-refractivity contribution in [2.45, 2.75) is 13.5 Å². The van der Waals surface area contributed by atoms with Gasteiger partial charge in [-0.05, 0) is 36.8 Å². The Labute approximate surface area is 145 Å². The van der Waals surface area contributed by atoms with Gasteiger partial charge in [0.2, 0.25) is 0 Å². The lowest BCUT2D eigenvalue weighted by atomic mass is 10.2. The van der Waals surface area contributed by atoms with Crippen molar-refractivity contribution >= 4 is 30.0 Å². The van der Waals surface area contributed by atoms with Crippen LogP contribution in [0.3, 0.4) is 0 Å². The van der Waals surface area contributed by atoms with Crippen molar-refractivity contribution in [2.75, 3.05) is 19.0 Å². The molecule has 0 saturated heterocycles. The number of aryl methyl sites for hydroxylation is 1. The van der Waals surface area contributed by atoms with Gasteiger partial charge < -0.3 is 24.9 Å². The van der Waals surface area contributed by atoms with E-state index in [1.807, 2.05) is 6.92 Å². The smallest absolute Gasteiger partial charge is 0.343 e. The molecule has 0 fully saturated rings. The SMILES string of the molecule is COC(=O)COc1ccc(NC(=O)c2coc(CN)c2)c(C)c1.Cl. The van der Waals surface area contributed by atoms with Crippen molar-refractivity contribution in [3.8, 4) is 5.75 Å². The van der Waals surface area contributed by atoms with E-state index in [4.69, 9.17) is 14.9 Å². The van der Waals surface area contributed by atoms with Gasteiger partial charge in [-0.25, -0.2) is 4.79 Å². The van der Waals surface area contributed by atoms with E-state index in [2.05, 4.69) is 10.1 Å². The van der Waals surface area contributed by atoms with Crippen LogP contribution in [0.5, 0.6) is 5.75 Å². The number of rotatable bonds is 6. The number of hydrogen-bond acceptors (Lipinski definition) is 6. The largest absolute Gasteiger partial charge is 0.482 e. The molecule has 1 amide bonds. The standard InChI is InChI=1S/C16H18N2O5.ClH/c1-10-5-12(23-9-15(19)21-2)3-4-14(10)18-16(20)11-6-13(7-17)22-8-11;/h3-6,8H,7,9,17H2,1-2H3,(H,18,20);1H. The molecule has 7 nitrogen and oxygen atoms in total. The predicted molar refractivity (Wildman–Crippen MR) is 90.5 cm³/mol. The van der Waals surface area contributed by atoms with Gasteiger partial charge in [-0.2, -0.15) is 0 Å². The zero-order chi connectivity index (χ0) is 16.8. The Morgan fingerprint density at radius 2 is 2.04 bits per heavy atom. The molecule has 2 rings (SSSR count). The minimum absolute atomic E-state index is 0. The summed E-state index contributed by atoms with van der Waals surface area (Å²) < 4.78 is 14.9. The molecule has 0 bridgehead atoms. The van der Waals surface area contributed by atoms with Gasteiger partial charge in [-0.15, -0.1) is 12.4 Å². The summed E-state index contributed by atoms with van der Waals surface area (Å²) in [5.74, 6) is 0.300. The molecule has 0 atom stereocenters. The van der Waals surface area contributed by atoms with Gasteiger partial charge in [0.25, 0.3) is 5.91 Å². The molecular weight excluding hydrogens is 336 g/mol. The second-order valence-corrected chi connectivity index (χ2v) is 4.80. The highest BCUT2D eigenvalue weighted by Gasteiger charge is 2.12.